The normalized spacial score (nSPS) is 14.8. The first-order chi connectivity index (χ1) is 9.72. The van der Waals surface area contributed by atoms with Crippen molar-refractivity contribution in [3.05, 3.63) is 58.9 Å². The van der Waals surface area contributed by atoms with E-state index < -0.39 is 5.97 Å². The highest BCUT2D eigenvalue weighted by Gasteiger charge is 2.18. The molecular formula is C15H15N3O2. The SMILES string of the molecule is O=C(O)c1ccc2c(c1)CN(Cc1cccnn1)CC2. The average Bonchev–Trinajstić information content (AvgIpc) is 2.47. The van der Waals surface area contributed by atoms with E-state index in [9.17, 15) is 4.79 Å². The Bertz CT molecular complexity index is 628. The number of nitrogens with zero attached hydrogens (tertiary/aromatic N) is 3. The molecule has 1 aromatic carbocycles. The van der Waals surface area contributed by atoms with Crippen molar-refractivity contribution in [3.63, 3.8) is 0 Å². The minimum atomic E-state index is -0.876. The molecule has 2 heterocycles. The molecular weight excluding hydrogens is 254 g/mol. The van der Waals surface area contributed by atoms with E-state index in [2.05, 4.69) is 15.1 Å². The maximum Gasteiger partial charge on any atom is 0.335 e. The highest BCUT2D eigenvalue weighted by atomic mass is 16.4. The van der Waals surface area contributed by atoms with Gasteiger partial charge in [-0.3, -0.25) is 4.90 Å². The molecule has 0 unspecified atom stereocenters. The number of aromatic carboxylic acids is 1. The molecule has 0 aliphatic carbocycles. The van der Waals surface area contributed by atoms with Crippen LogP contribution in [0.1, 0.15) is 27.2 Å². The molecule has 3 rings (SSSR count). The quantitative estimate of drug-likeness (QED) is 0.919. The standard InChI is InChI=1S/C15H15N3O2/c19-15(20)12-4-3-11-5-7-18(9-13(11)8-12)10-14-2-1-6-16-17-14/h1-4,6,8H,5,7,9-10H2,(H,19,20). The zero-order valence-corrected chi connectivity index (χ0v) is 11.0. The number of hydrogen-bond acceptors (Lipinski definition) is 4. The fourth-order valence-electron chi connectivity index (χ4n) is 2.53. The molecule has 0 saturated heterocycles. The first-order valence-electron chi connectivity index (χ1n) is 6.56. The largest absolute Gasteiger partial charge is 0.478 e. The summed E-state index contributed by atoms with van der Waals surface area (Å²) >= 11 is 0. The molecule has 1 N–H and O–H groups in total. The Morgan fingerprint density at radius 1 is 1.30 bits per heavy atom. The molecule has 5 heteroatoms. The summed E-state index contributed by atoms with van der Waals surface area (Å²) in [6.07, 6.45) is 2.60. The van der Waals surface area contributed by atoms with Gasteiger partial charge in [0.05, 0.1) is 11.3 Å². The third kappa shape index (κ3) is 2.67. The van der Waals surface area contributed by atoms with E-state index >= 15 is 0 Å². The number of hydrogen-bond donors (Lipinski definition) is 1. The Kier molecular flexibility index (Phi) is 3.43. The minimum Gasteiger partial charge on any atom is -0.478 e. The predicted octanol–water partition coefficient (Wildman–Crippen LogP) is 1.73. The van der Waals surface area contributed by atoms with Crippen molar-refractivity contribution in [2.24, 2.45) is 0 Å². The monoisotopic (exact) mass is 269 g/mol. The summed E-state index contributed by atoms with van der Waals surface area (Å²) in [7, 11) is 0. The molecule has 102 valence electrons. The molecule has 1 aliphatic heterocycles. The van der Waals surface area contributed by atoms with Gasteiger partial charge in [0.2, 0.25) is 0 Å². The molecule has 0 spiro atoms. The van der Waals surface area contributed by atoms with E-state index in [0.717, 1.165) is 37.3 Å². The molecule has 0 saturated carbocycles. The van der Waals surface area contributed by atoms with Crippen molar-refractivity contribution in [1.82, 2.24) is 15.1 Å². The van der Waals surface area contributed by atoms with Crippen LogP contribution in [-0.2, 0) is 19.5 Å². The number of carboxylic acids is 1. The van der Waals surface area contributed by atoms with Crippen molar-refractivity contribution in [1.29, 1.82) is 0 Å². The summed E-state index contributed by atoms with van der Waals surface area (Å²) in [6.45, 7) is 2.45. The van der Waals surface area contributed by atoms with Crippen LogP contribution in [-0.4, -0.2) is 32.7 Å². The summed E-state index contributed by atoms with van der Waals surface area (Å²) in [5.74, 6) is -0.876. The van der Waals surface area contributed by atoms with Crippen LogP contribution in [0.25, 0.3) is 0 Å². The van der Waals surface area contributed by atoms with Crippen molar-refractivity contribution in [3.8, 4) is 0 Å². The number of fused-ring (bicyclic) bond motifs is 1. The number of carbonyl (C=O) groups is 1. The Balaban J connectivity index is 1.77. The zero-order valence-electron chi connectivity index (χ0n) is 11.0. The van der Waals surface area contributed by atoms with Crippen LogP contribution < -0.4 is 0 Å². The second kappa shape index (κ2) is 5.38. The Morgan fingerprint density at radius 3 is 2.95 bits per heavy atom. The lowest BCUT2D eigenvalue weighted by atomic mass is 9.97. The second-order valence-electron chi connectivity index (χ2n) is 4.96. The summed E-state index contributed by atoms with van der Waals surface area (Å²) < 4.78 is 0. The van der Waals surface area contributed by atoms with Crippen molar-refractivity contribution in [2.45, 2.75) is 19.5 Å². The number of carboxylic acid groups (broad SMARTS) is 1. The molecule has 20 heavy (non-hydrogen) atoms. The van der Waals surface area contributed by atoms with E-state index in [0.29, 0.717) is 5.56 Å². The van der Waals surface area contributed by atoms with Gasteiger partial charge in [-0.25, -0.2) is 4.79 Å². The molecule has 1 aliphatic rings. The third-order valence-corrected chi connectivity index (χ3v) is 3.56. The van der Waals surface area contributed by atoms with Gasteiger partial charge < -0.3 is 5.11 Å². The van der Waals surface area contributed by atoms with Crippen LogP contribution in [0.2, 0.25) is 0 Å². The van der Waals surface area contributed by atoms with E-state index in [1.54, 1.807) is 18.3 Å². The molecule has 0 radical (unpaired) electrons. The van der Waals surface area contributed by atoms with Crippen molar-refractivity contribution < 1.29 is 9.90 Å². The summed E-state index contributed by atoms with van der Waals surface area (Å²) in [4.78, 5) is 13.3. The van der Waals surface area contributed by atoms with Crippen LogP contribution in [0.4, 0.5) is 0 Å². The average molecular weight is 269 g/mol. The van der Waals surface area contributed by atoms with Crippen LogP contribution in [0, 0.1) is 0 Å². The van der Waals surface area contributed by atoms with Crippen molar-refractivity contribution >= 4 is 5.97 Å². The van der Waals surface area contributed by atoms with E-state index in [-0.39, 0.29) is 0 Å². The molecule has 0 amide bonds. The van der Waals surface area contributed by atoms with Crippen LogP contribution in [0.5, 0.6) is 0 Å². The number of benzene rings is 1. The Hall–Kier alpha value is -2.27. The van der Waals surface area contributed by atoms with Crippen molar-refractivity contribution in [2.75, 3.05) is 6.54 Å². The fourth-order valence-corrected chi connectivity index (χ4v) is 2.53. The first-order valence-corrected chi connectivity index (χ1v) is 6.56. The molecule has 2 aromatic rings. The van der Waals surface area contributed by atoms with Gasteiger partial charge in [0.25, 0.3) is 0 Å². The zero-order chi connectivity index (χ0) is 13.9. The first kappa shape index (κ1) is 12.7. The molecule has 1 aromatic heterocycles. The van der Waals surface area contributed by atoms with Gasteiger partial charge >= 0.3 is 5.97 Å². The van der Waals surface area contributed by atoms with Gasteiger partial charge in [0, 0.05) is 25.8 Å². The molecule has 0 bridgehead atoms. The smallest absolute Gasteiger partial charge is 0.335 e. The van der Waals surface area contributed by atoms with Gasteiger partial charge in [-0.05, 0) is 41.8 Å². The van der Waals surface area contributed by atoms with Crippen LogP contribution in [0.15, 0.2) is 36.5 Å². The maximum absolute atomic E-state index is 11.0. The highest BCUT2D eigenvalue weighted by molar-refractivity contribution is 5.87. The van der Waals surface area contributed by atoms with Crippen LogP contribution >= 0.6 is 0 Å². The topological polar surface area (TPSA) is 66.3 Å². The Morgan fingerprint density at radius 2 is 2.20 bits per heavy atom. The highest BCUT2D eigenvalue weighted by Crippen LogP contribution is 2.21. The molecule has 0 fully saturated rings. The summed E-state index contributed by atoms with van der Waals surface area (Å²) in [5, 5.41) is 17.0. The summed E-state index contributed by atoms with van der Waals surface area (Å²) in [5.41, 5.74) is 3.63. The van der Waals surface area contributed by atoms with E-state index in [1.807, 2.05) is 18.2 Å². The molecule has 0 atom stereocenters. The van der Waals surface area contributed by atoms with Gasteiger partial charge in [-0.2, -0.15) is 10.2 Å². The lowest BCUT2D eigenvalue weighted by Gasteiger charge is -2.28. The Labute approximate surface area is 116 Å². The minimum absolute atomic E-state index is 0.352. The number of aromatic nitrogens is 2. The number of rotatable bonds is 3. The van der Waals surface area contributed by atoms with E-state index in [1.165, 1.54) is 5.56 Å². The lowest BCUT2D eigenvalue weighted by molar-refractivity contribution is 0.0696. The fraction of sp³-hybridized carbons (Fsp3) is 0.267. The predicted molar refractivity (Wildman–Crippen MR) is 73.3 cm³/mol. The van der Waals surface area contributed by atoms with E-state index in [4.69, 9.17) is 5.11 Å². The maximum atomic E-state index is 11.0. The third-order valence-electron chi connectivity index (χ3n) is 3.56. The van der Waals surface area contributed by atoms with Gasteiger partial charge in [0.15, 0.2) is 0 Å². The second-order valence-corrected chi connectivity index (χ2v) is 4.96. The lowest BCUT2D eigenvalue weighted by Crippen LogP contribution is -2.30. The molecule has 5 nitrogen and oxygen atoms in total. The van der Waals surface area contributed by atoms with Crippen LogP contribution in [0.3, 0.4) is 0 Å². The summed E-state index contributed by atoms with van der Waals surface area (Å²) in [6, 6.07) is 9.22. The van der Waals surface area contributed by atoms with Gasteiger partial charge in [-0.1, -0.05) is 6.07 Å². The van der Waals surface area contributed by atoms with Gasteiger partial charge in [0.1, 0.15) is 0 Å². The van der Waals surface area contributed by atoms with Gasteiger partial charge in [-0.15, -0.1) is 0 Å².